The van der Waals surface area contributed by atoms with Gasteiger partial charge in [0, 0.05) is 17.6 Å². The van der Waals surface area contributed by atoms with Crippen LogP contribution in [0.5, 0.6) is 0 Å². The first-order valence-electron chi connectivity index (χ1n) is 4.44. The topological polar surface area (TPSA) is 38.1 Å². The van der Waals surface area contributed by atoms with Crippen LogP contribution in [0.25, 0.3) is 0 Å². The van der Waals surface area contributed by atoms with E-state index in [4.69, 9.17) is 4.52 Å². The van der Waals surface area contributed by atoms with E-state index in [1.54, 1.807) is 6.20 Å². The normalized spacial score (nSPS) is 19.5. The van der Waals surface area contributed by atoms with Crippen molar-refractivity contribution in [2.45, 2.75) is 38.8 Å². The predicted molar refractivity (Wildman–Crippen MR) is 45.8 cm³/mol. The van der Waals surface area contributed by atoms with Crippen molar-refractivity contribution < 1.29 is 4.52 Å². The van der Waals surface area contributed by atoms with Crippen LogP contribution in [-0.2, 0) is 0 Å². The van der Waals surface area contributed by atoms with Gasteiger partial charge in [-0.3, -0.25) is 0 Å². The number of aryl methyl sites for hydroxylation is 1. The van der Waals surface area contributed by atoms with Gasteiger partial charge in [0.1, 0.15) is 5.76 Å². The molecule has 1 aromatic rings. The fraction of sp³-hybridized carbons (Fsp3) is 0.667. The molecule has 2 rings (SSSR count). The van der Waals surface area contributed by atoms with Crippen molar-refractivity contribution in [2.75, 3.05) is 0 Å². The summed E-state index contributed by atoms with van der Waals surface area (Å²) in [5, 5.41) is 7.25. The van der Waals surface area contributed by atoms with E-state index in [1.165, 1.54) is 18.4 Å². The van der Waals surface area contributed by atoms with E-state index in [1.807, 2.05) is 6.92 Å². The second kappa shape index (κ2) is 2.90. The van der Waals surface area contributed by atoms with Gasteiger partial charge in [-0.1, -0.05) is 5.16 Å². The number of hydrogen-bond acceptors (Lipinski definition) is 3. The maximum atomic E-state index is 5.00. The first kappa shape index (κ1) is 7.80. The predicted octanol–water partition coefficient (Wildman–Crippen LogP) is 1.80. The molecular formula is C9H14N2O. The van der Waals surface area contributed by atoms with E-state index >= 15 is 0 Å². The maximum Gasteiger partial charge on any atom is 0.138 e. The molecule has 0 aliphatic heterocycles. The lowest BCUT2D eigenvalue weighted by atomic mass is 10.1. The number of nitrogens with zero attached hydrogens (tertiary/aromatic N) is 1. The highest BCUT2D eigenvalue weighted by Crippen LogP contribution is 2.24. The van der Waals surface area contributed by atoms with Crippen molar-refractivity contribution in [1.82, 2.24) is 10.5 Å². The van der Waals surface area contributed by atoms with Crippen molar-refractivity contribution >= 4 is 0 Å². The maximum absolute atomic E-state index is 5.00. The van der Waals surface area contributed by atoms with E-state index in [0.717, 1.165) is 11.8 Å². The highest BCUT2D eigenvalue weighted by atomic mass is 16.5. The van der Waals surface area contributed by atoms with Crippen LogP contribution in [0.1, 0.15) is 37.1 Å². The Morgan fingerprint density at radius 2 is 2.42 bits per heavy atom. The summed E-state index contributed by atoms with van der Waals surface area (Å²) in [6, 6.07) is 1.11. The van der Waals surface area contributed by atoms with Crippen molar-refractivity contribution in [3.8, 4) is 0 Å². The molecule has 0 amide bonds. The molecule has 3 heteroatoms. The molecule has 1 aliphatic rings. The monoisotopic (exact) mass is 166 g/mol. The van der Waals surface area contributed by atoms with E-state index < -0.39 is 0 Å². The molecule has 1 saturated carbocycles. The molecule has 1 N–H and O–H groups in total. The fourth-order valence-electron chi connectivity index (χ4n) is 1.42. The molecular weight excluding hydrogens is 152 g/mol. The molecule has 1 unspecified atom stereocenters. The summed E-state index contributed by atoms with van der Waals surface area (Å²) in [5.41, 5.74) is 1.18. The second-order valence-electron chi connectivity index (χ2n) is 3.50. The summed E-state index contributed by atoms with van der Waals surface area (Å²) in [5.74, 6) is 0.927. The van der Waals surface area contributed by atoms with E-state index in [0.29, 0.717) is 6.04 Å². The average Bonchev–Trinajstić information content (AvgIpc) is 2.72. The minimum absolute atomic E-state index is 0.378. The van der Waals surface area contributed by atoms with Gasteiger partial charge in [0.15, 0.2) is 0 Å². The van der Waals surface area contributed by atoms with Gasteiger partial charge in [-0.2, -0.15) is 0 Å². The second-order valence-corrected chi connectivity index (χ2v) is 3.50. The molecule has 0 radical (unpaired) electrons. The van der Waals surface area contributed by atoms with Crippen LogP contribution in [0, 0.1) is 6.92 Å². The molecule has 1 aromatic heterocycles. The van der Waals surface area contributed by atoms with Crippen molar-refractivity contribution in [2.24, 2.45) is 0 Å². The number of aromatic nitrogens is 1. The van der Waals surface area contributed by atoms with Gasteiger partial charge >= 0.3 is 0 Å². The van der Waals surface area contributed by atoms with E-state index in [9.17, 15) is 0 Å². The molecule has 66 valence electrons. The summed E-state index contributed by atoms with van der Waals surface area (Å²) >= 11 is 0. The van der Waals surface area contributed by atoms with Crippen LogP contribution in [0.15, 0.2) is 10.7 Å². The Bertz CT molecular complexity index is 265. The van der Waals surface area contributed by atoms with Crippen LogP contribution >= 0.6 is 0 Å². The molecule has 12 heavy (non-hydrogen) atoms. The lowest BCUT2D eigenvalue weighted by Crippen LogP contribution is -2.20. The number of hydrogen-bond donors (Lipinski definition) is 1. The SMILES string of the molecule is Cc1oncc1C(C)NC1CC1. The smallest absolute Gasteiger partial charge is 0.138 e. The molecule has 0 aromatic carbocycles. The highest BCUT2D eigenvalue weighted by Gasteiger charge is 2.24. The minimum atomic E-state index is 0.378. The van der Waals surface area contributed by atoms with Crippen molar-refractivity contribution in [3.05, 3.63) is 17.5 Å². The Balaban J connectivity index is 2.02. The molecule has 0 bridgehead atoms. The van der Waals surface area contributed by atoms with Gasteiger partial charge in [0.2, 0.25) is 0 Å². The molecule has 0 spiro atoms. The van der Waals surface area contributed by atoms with Gasteiger partial charge in [-0.05, 0) is 26.7 Å². The molecule has 0 saturated heterocycles. The lowest BCUT2D eigenvalue weighted by molar-refractivity contribution is 0.394. The number of rotatable bonds is 3. The third kappa shape index (κ3) is 1.50. The van der Waals surface area contributed by atoms with Crippen molar-refractivity contribution in [3.63, 3.8) is 0 Å². The Morgan fingerprint density at radius 1 is 1.67 bits per heavy atom. The zero-order valence-corrected chi connectivity index (χ0v) is 7.50. The first-order valence-corrected chi connectivity index (χ1v) is 4.44. The lowest BCUT2D eigenvalue weighted by Gasteiger charge is -2.10. The summed E-state index contributed by atoms with van der Waals surface area (Å²) in [6.45, 7) is 4.10. The third-order valence-corrected chi connectivity index (χ3v) is 2.32. The van der Waals surface area contributed by atoms with Gasteiger partial charge in [0.05, 0.1) is 6.20 Å². The molecule has 1 atom stereocenters. The van der Waals surface area contributed by atoms with Gasteiger partial charge in [-0.15, -0.1) is 0 Å². The molecule has 1 aliphatic carbocycles. The van der Waals surface area contributed by atoms with Crippen LogP contribution in [0.2, 0.25) is 0 Å². The van der Waals surface area contributed by atoms with Crippen LogP contribution in [0.4, 0.5) is 0 Å². The van der Waals surface area contributed by atoms with Gasteiger partial charge in [-0.25, -0.2) is 0 Å². The molecule has 1 heterocycles. The molecule has 3 nitrogen and oxygen atoms in total. The largest absolute Gasteiger partial charge is 0.361 e. The number of nitrogens with one attached hydrogen (secondary N) is 1. The Hall–Kier alpha value is -0.830. The summed E-state index contributed by atoms with van der Waals surface area (Å²) in [7, 11) is 0. The fourth-order valence-corrected chi connectivity index (χ4v) is 1.42. The summed E-state index contributed by atoms with van der Waals surface area (Å²) < 4.78 is 5.00. The third-order valence-electron chi connectivity index (χ3n) is 2.32. The standard InChI is InChI=1S/C9H14N2O/c1-6(11-8-3-4-8)9-5-10-12-7(9)2/h5-6,8,11H,3-4H2,1-2H3. The summed E-state index contributed by atoms with van der Waals surface area (Å²) in [6.07, 6.45) is 4.43. The highest BCUT2D eigenvalue weighted by molar-refractivity contribution is 5.16. The zero-order valence-electron chi connectivity index (χ0n) is 7.50. The Morgan fingerprint density at radius 3 is 2.92 bits per heavy atom. The summed E-state index contributed by atoms with van der Waals surface area (Å²) in [4.78, 5) is 0. The van der Waals surface area contributed by atoms with Crippen LogP contribution < -0.4 is 5.32 Å². The van der Waals surface area contributed by atoms with Gasteiger partial charge in [0.25, 0.3) is 0 Å². The average molecular weight is 166 g/mol. The molecule has 1 fully saturated rings. The zero-order chi connectivity index (χ0) is 8.55. The Labute approximate surface area is 72.1 Å². The van der Waals surface area contributed by atoms with E-state index in [2.05, 4.69) is 17.4 Å². The minimum Gasteiger partial charge on any atom is -0.361 e. The van der Waals surface area contributed by atoms with Gasteiger partial charge < -0.3 is 9.84 Å². The first-order chi connectivity index (χ1) is 5.77. The van der Waals surface area contributed by atoms with Crippen LogP contribution in [0.3, 0.4) is 0 Å². The van der Waals surface area contributed by atoms with E-state index in [-0.39, 0.29) is 0 Å². The van der Waals surface area contributed by atoms with Crippen molar-refractivity contribution in [1.29, 1.82) is 0 Å². The quantitative estimate of drug-likeness (QED) is 0.744. The van der Waals surface area contributed by atoms with Crippen LogP contribution in [-0.4, -0.2) is 11.2 Å². The Kier molecular flexibility index (Phi) is 1.89.